The van der Waals surface area contributed by atoms with Crippen molar-refractivity contribution in [3.8, 4) is 5.88 Å². The molecule has 6 heteroatoms. The van der Waals surface area contributed by atoms with Crippen molar-refractivity contribution in [3.63, 3.8) is 0 Å². The molecule has 204 valence electrons. The number of hydrogen-bond donors (Lipinski definition) is 1. The molecule has 0 saturated carbocycles. The van der Waals surface area contributed by atoms with Crippen molar-refractivity contribution >= 4 is 27.9 Å². The third-order valence-corrected chi connectivity index (χ3v) is 7.45. The monoisotopic (exact) mass is 533 g/mol. The number of oxime groups is 1. The Morgan fingerprint density at radius 3 is 2.40 bits per heavy atom. The average Bonchev–Trinajstić information content (AvgIpc) is 2.99. The molecule has 5 aromatic rings. The zero-order valence-electron chi connectivity index (χ0n) is 23.4. The highest BCUT2D eigenvalue weighted by Crippen LogP contribution is 2.48. The van der Waals surface area contributed by atoms with Gasteiger partial charge in [-0.05, 0) is 66.2 Å². The minimum atomic E-state index is -1.29. The largest absolute Gasteiger partial charge is 0.481 e. The lowest BCUT2D eigenvalue weighted by Crippen LogP contribution is -2.38. The SMILES string of the molecule is CON=Cc1ccc2nc(OC)c(C(c3ccccc3)C(O)(CCN(C)C)c3cccc4ccccc34)cc2c1. The molecule has 0 aliphatic carbocycles. The van der Waals surface area contributed by atoms with E-state index in [1.54, 1.807) is 13.3 Å². The van der Waals surface area contributed by atoms with Crippen molar-refractivity contribution in [2.75, 3.05) is 34.9 Å². The second-order valence-corrected chi connectivity index (χ2v) is 10.3. The molecule has 1 heterocycles. The van der Waals surface area contributed by atoms with Crippen molar-refractivity contribution in [3.05, 3.63) is 119 Å². The van der Waals surface area contributed by atoms with Crippen molar-refractivity contribution in [1.82, 2.24) is 9.88 Å². The second kappa shape index (κ2) is 11.9. The number of pyridine rings is 1. The number of rotatable bonds is 10. The topological polar surface area (TPSA) is 67.2 Å². The highest BCUT2D eigenvalue weighted by atomic mass is 16.6. The highest BCUT2D eigenvalue weighted by Gasteiger charge is 2.43. The van der Waals surface area contributed by atoms with Crippen LogP contribution in [0.4, 0.5) is 0 Å². The van der Waals surface area contributed by atoms with Gasteiger partial charge in [-0.15, -0.1) is 0 Å². The van der Waals surface area contributed by atoms with Gasteiger partial charge in [0.15, 0.2) is 0 Å². The first-order valence-corrected chi connectivity index (χ1v) is 13.4. The number of hydrogen-bond acceptors (Lipinski definition) is 6. The zero-order chi connectivity index (χ0) is 28.1. The van der Waals surface area contributed by atoms with E-state index >= 15 is 0 Å². The molecule has 4 aromatic carbocycles. The van der Waals surface area contributed by atoms with Gasteiger partial charge in [-0.25, -0.2) is 4.98 Å². The molecule has 0 spiro atoms. The summed E-state index contributed by atoms with van der Waals surface area (Å²) < 4.78 is 5.92. The summed E-state index contributed by atoms with van der Waals surface area (Å²) in [5.74, 6) is 0.0192. The van der Waals surface area contributed by atoms with Crippen LogP contribution in [-0.4, -0.2) is 56.1 Å². The van der Waals surface area contributed by atoms with Gasteiger partial charge >= 0.3 is 0 Å². The van der Waals surface area contributed by atoms with Crippen LogP contribution in [0.1, 0.15) is 34.6 Å². The predicted molar refractivity (Wildman–Crippen MR) is 162 cm³/mol. The van der Waals surface area contributed by atoms with Crippen LogP contribution >= 0.6 is 0 Å². The molecular weight excluding hydrogens is 498 g/mol. The molecule has 0 saturated heterocycles. The summed E-state index contributed by atoms with van der Waals surface area (Å²) in [6, 6.07) is 32.5. The number of ether oxygens (including phenoxy) is 1. The van der Waals surface area contributed by atoms with Gasteiger partial charge in [0, 0.05) is 23.4 Å². The first-order chi connectivity index (χ1) is 19.4. The molecule has 0 amide bonds. The summed E-state index contributed by atoms with van der Waals surface area (Å²) in [5.41, 5.74) is 3.07. The van der Waals surface area contributed by atoms with E-state index in [1.165, 1.54) is 7.11 Å². The fraction of sp³-hybridized carbons (Fsp3) is 0.235. The molecule has 0 fully saturated rings. The van der Waals surface area contributed by atoms with Crippen molar-refractivity contribution in [1.29, 1.82) is 0 Å². The van der Waals surface area contributed by atoms with E-state index in [-0.39, 0.29) is 0 Å². The molecule has 5 rings (SSSR count). The summed E-state index contributed by atoms with van der Waals surface area (Å²) in [6.07, 6.45) is 2.16. The van der Waals surface area contributed by atoms with Gasteiger partial charge < -0.3 is 19.6 Å². The van der Waals surface area contributed by atoms with Crippen LogP contribution in [0.3, 0.4) is 0 Å². The van der Waals surface area contributed by atoms with Crippen molar-refractivity contribution in [2.45, 2.75) is 17.9 Å². The van der Waals surface area contributed by atoms with Gasteiger partial charge in [-0.3, -0.25) is 0 Å². The molecule has 6 nitrogen and oxygen atoms in total. The fourth-order valence-corrected chi connectivity index (χ4v) is 5.55. The van der Waals surface area contributed by atoms with Crippen LogP contribution < -0.4 is 4.74 Å². The highest BCUT2D eigenvalue weighted by molar-refractivity contribution is 5.90. The number of aliphatic hydroxyl groups is 1. The smallest absolute Gasteiger partial charge is 0.217 e. The quantitative estimate of drug-likeness (QED) is 0.167. The lowest BCUT2D eigenvalue weighted by atomic mass is 9.70. The van der Waals surface area contributed by atoms with Gasteiger partial charge in [0.1, 0.15) is 12.7 Å². The number of methoxy groups -OCH3 is 1. The van der Waals surface area contributed by atoms with Crippen LogP contribution in [0.2, 0.25) is 0 Å². The van der Waals surface area contributed by atoms with Gasteiger partial charge in [0.2, 0.25) is 5.88 Å². The van der Waals surface area contributed by atoms with E-state index in [4.69, 9.17) is 14.6 Å². The van der Waals surface area contributed by atoms with E-state index < -0.39 is 11.5 Å². The number of nitrogens with zero attached hydrogens (tertiary/aromatic N) is 3. The van der Waals surface area contributed by atoms with Gasteiger partial charge in [0.05, 0.1) is 18.8 Å². The lowest BCUT2D eigenvalue weighted by Gasteiger charge is -2.39. The molecule has 0 aliphatic heterocycles. The Balaban J connectivity index is 1.81. The molecule has 0 radical (unpaired) electrons. The molecule has 1 N–H and O–H groups in total. The van der Waals surface area contributed by atoms with Crippen molar-refractivity contribution < 1.29 is 14.7 Å². The second-order valence-electron chi connectivity index (χ2n) is 10.3. The van der Waals surface area contributed by atoms with E-state index in [0.717, 1.165) is 43.9 Å². The third kappa shape index (κ3) is 5.41. The number of fused-ring (bicyclic) bond motifs is 2. The summed E-state index contributed by atoms with van der Waals surface area (Å²) in [4.78, 5) is 11.9. The first kappa shape index (κ1) is 27.3. The standard InChI is InChI=1S/C34H35N3O3/c1-37(2)20-19-34(38,30-16-10-14-25-11-8-9-15-28(25)30)32(26-12-6-5-7-13-26)29-22-27-21-24(23-35-40-4)17-18-31(27)36-33(29)39-3/h5-18,21-23,32,38H,19-20H2,1-4H3. The average molecular weight is 534 g/mol. The Morgan fingerprint density at radius 2 is 1.65 bits per heavy atom. The Morgan fingerprint density at radius 1 is 0.900 bits per heavy atom. The summed E-state index contributed by atoms with van der Waals surface area (Å²) in [6.45, 7) is 0.685. The van der Waals surface area contributed by atoms with Crippen LogP contribution in [-0.2, 0) is 10.4 Å². The minimum absolute atomic E-state index is 0.470. The normalized spacial score (nSPS) is 14.1. The molecule has 0 bridgehead atoms. The zero-order valence-corrected chi connectivity index (χ0v) is 23.4. The molecule has 2 atom stereocenters. The lowest BCUT2D eigenvalue weighted by molar-refractivity contribution is 0.00520. The number of aromatic nitrogens is 1. The summed E-state index contributed by atoms with van der Waals surface area (Å²) in [7, 11) is 7.22. The Kier molecular flexibility index (Phi) is 8.10. The van der Waals surface area contributed by atoms with E-state index in [0.29, 0.717) is 18.8 Å². The van der Waals surface area contributed by atoms with Crippen molar-refractivity contribution in [2.24, 2.45) is 5.16 Å². The van der Waals surface area contributed by atoms with Gasteiger partial charge in [0.25, 0.3) is 0 Å². The maximum atomic E-state index is 13.1. The first-order valence-electron chi connectivity index (χ1n) is 13.4. The molecular formula is C34H35N3O3. The molecule has 0 aliphatic rings. The predicted octanol–water partition coefficient (Wildman–Crippen LogP) is 6.35. The molecule has 1 aromatic heterocycles. The van der Waals surface area contributed by atoms with Crippen LogP contribution in [0.25, 0.3) is 21.7 Å². The van der Waals surface area contributed by atoms with Gasteiger partial charge in [-0.1, -0.05) is 84.0 Å². The van der Waals surface area contributed by atoms with E-state index in [9.17, 15) is 5.11 Å². The van der Waals surface area contributed by atoms with Crippen LogP contribution in [0, 0.1) is 0 Å². The number of benzene rings is 4. The van der Waals surface area contributed by atoms with Gasteiger partial charge in [-0.2, -0.15) is 0 Å². The molecule has 40 heavy (non-hydrogen) atoms. The van der Waals surface area contributed by atoms with E-state index in [2.05, 4.69) is 46.5 Å². The van der Waals surface area contributed by atoms with Crippen LogP contribution in [0.15, 0.2) is 102 Å². The third-order valence-electron chi connectivity index (χ3n) is 7.45. The summed E-state index contributed by atoms with van der Waals surface area (Å²) >= 11 is 0. The fourth-order valence-electron chi connectivity index (χ4n) is 5.55. The Bertz CT molecular complexity index is 1630. The Labute approximate surface area is 235 Å². The maximum absolute atomic E-state index is 13.1. The Hall–Kier alpha value is -4.26. The maximum Gasteiger partial charge on any atom is 0.217 e. The summed E-state index contributed by atoms with van der Waals surface area (Å²) in [5, 5.41) is 20.1. The van der Waals surface area contributed by atoms with E-state index in [1.807, 2.05) is 74.8 Å². The molecule has 2 unspecified atom stereocenters. The minimum Gasteiger partial charge on any atom is -0.481 e. The van der Waals surface area contributed by atoms with Crippen LogP contribution in [0.5, 0.6) is 5.88 Å².